The molecule has 2 fully saturated rings. The summed E-state index contributed by atoms with van der Waals surface area (Å²) in [5.41, 5.74) is 6.97. The molecule has 0 heterocycles. The second kappa shape index (κ2) is 4.97. The van der Waals surface area contributed by atoms with Crippen molar-refractivity contribution in [2.24, 2.45) is 23.5 Å². The zero-order chi connectivity index (χ0) is 13.4. The zero-order valence-corrected chi connectivity index (χ0v) is 11.3. The van der Waals surface area contributed by atoms with Gasteiger partial charge in [-0.2, -0.15) is 0 Å². The second-order valence-electron chi connectivity index (χ2n) is 5.73. The molecular weight excluding hydrogens is 238 g/mol. The Balaban J connectivity index is 1.88. The van der Waals surface area contributed by atoms with E-state index in [0.29, 0.717) is 29.8 Å². The first kappa shape index (κ1) is 12.7. The topological polar surface area (TPSA) is 52.3 Å². The first-order chi connectivity index (χ1) is 9.22. The van der Waals surface area contributed by atoms with E-state index in [2.05, 4.69) is 0 Å². The maximum absolute atomic E-state index is 12.8. The Bertz CT molecular complexity index is 483. The quantitative estimate of drug-likeness (QED) is 0.846. The van der Waals surface area contributed by atoms with Crippen molar-refractivity contribution in [2.75, 3.05) is 6.61 Å². The summed E-state index contributed by atoms with van der Waals surface area (Å²) in [6.07, 6.45) is 3.49. The van der Waals surface area contributed by atoms with Crippen LogP contribution in [0.2, 0.25) is 0 Å². The predicted octanol–water partition coefficient (Wildman–Crippen LogP) is 2.64. The summed E-state index contributed by atoms with van der Waals surface area (Å²) in [6.45, 7) is 2.51. The normalized spacial score (nSPS) is 32.5. The average Bonchev–Trinajstić information content (AvgIpc) is 3.00. The molecule has 3 rings (SSSR count). The van der Waals surface area contributed by atoms with E-state index in [1.807, 2.05) is 31.2 Å². The number of rotatable bonds is 4. The highest BCUT2D eigenvalue weighted by Gasteiger charge is 2.49. The molecule has 2 bridgehead atoms. The van der Waals surface area contributed by atoms with Gasteiger partial charge in [-0.3, -0.25) is 4.79 Å². The van der Waals surface area contributed by atoms with Gasteiger partial charge in [-0.1, -0.05) is 12.1 Å². The molecule has 0 radical (unpaired) electrons. The van der Waals surface area contributed by atoms with Crippen LogP contribution >= 0.6 is 0 Å². The molecule has 1 aromatic carbocycles. The summed E-state index contributed by atoms with van der Waals surface area (Å²) >= 11 is 0. The highest BCUT2D eigenvalue weighted by atomic mass is 16.5. The molecule has 3 nitrogen and oxygen atoms in total. The van der Waals surface area contributed by atoms with Crippen LogP contribution in [0.3, 0.4) is 0 Å². The third kappa shape index (κ3) is 2.06. The van der Waals surface area contributed by atoms with Gasteiger partial charge in [0.1, 0.15) is 5.75 Å². The zero-order valence-electron chi connectivity index (χ0n) is 11.3. The van der Waals surface area contributed by atoms with E-state index >= 15 is 0 Å². The third-order valence-electron chi connectivity index (χ3n) is 4.74. The number of nitrogens with two attached hydrogens (primary N) is 1. The molecule has 2 aliphatic rings. The predicted molar refractivity (Wildman–Crippen MR) is 74.2 cm³/mol. The van der Waals surface area contributed by atoms with E-state index in [1.54, 1.807) is 0 Å². The van der Waals surface area contributed by atoms with E-state index in [9.17, 15) is 4.79 Å². The number of ketones is 1. The van der Waals surface area contributed by atoms with Crippen molar-refractivity contribution in [3.05, 3.63) is 29.8 Å². The molecule has 2 aliphatic carbocycles. The van der Waals surface area contributed by atoms with E-state index in [0.717, 1.165) is 12.8 Å². The second-order valence-corrected chi connectivity index (χ2v) is 5.73. The summed E-state index contributed by atoms with van der Waals surface area (Å²) in [5.74, 6) is 1.93. The molecular formula is C16H21NO2. The molecule has 0 aromatic heterocycles. The van der Waals surface area contributed by atoms with Gasteiger partial charge in [-0.25, -0.2) is 0 Å². The van der Waals surface area contributed by atoms with Gasteiger partial charge in [0.2, 0.25) is 0 Å². The molecule has 4 atom stereocenters. The van der Waals surface area contributed by atoms with Crippen LogP contribution in [0.4, 0.5) is 0 Å². The number of carbonyl (C=O) groups excluding carboxylic acids is 1. The average molecular weight is 259 g/mol. The van der Waals surface area contributed by atoms with Gasteiger partial charge in [0.15, 0.2) is 5.78 Å². The molecule has 0 amide bonds. The van der Waals surface area contributed by atoms with Crippen LogP contribution in [0, 0.1) is 17.8 Å². The van der Waals surface area contributed by atoms with Crippen molar-refractivity contribution in [1.82, 2.24) is 0 Å². The van der Waals surface area contributed by atoms with Gasteiger partial charge < -0.3 is 10.5 Å². The SMILES string of the molecule is CCOc1ccccc1C(=O)C1C2CCC(C2)C1N. The fraction of sp³-hybridized carbons (Fsp3) is 0.562. The number of Topliss-reactive ketones (excluding diaryl/α,β-unsaturated/α-hetero) is 1. The molecule has 19 heavy (non-hydrogen) atoms. The van der Waals surface area contributed by atoms with E-state index in [-0.39, 0.29) is 17.7 Å². The lowest BCUT2D eigenvalue weighted by Crippen LogP contribution is -2.40. The summed E-state index contributed by atoms with van der Waals surface area (Å²) in [4.78, 5) is 12.8. The Labute approximate surface area is 114 Å². The van der Waals surface area contributed by atoms with Crippen LogP contribution in [0.1, 0.15) is 36.5 Å². The summed E-state index contributed by atoms with van der Waals surface area (Å²) < 4.78 is 5.57. The Kier molecular flexibility index (Phi) is 3.31. The lowest BCUT2D eigenvalue weighted by molar-refractivity contribution is 0.0852. The number of hydrogen-bond donors (Lipinski definition) is 1. The Morgan fingerprint density at radius 3 is 2.74 bits per heavy atom. The minimum absolute atomic E-state index is 0.000330. The lowest BCUT2D eigenvalue weighted by atomic mass is 9.80. The van der Waals surface area contributed by atoms with Crippen molar-refractivity contribution >= 4 is 5.78 Å². The van der Waals surface area contributed by atoms with Crippen LogP contribution in [0.25, 0.3) is 0 Å². The Morgan fingerprint density at radius 2 is 2.05 bits per heavy atom. The minimum atomic E-state index is 0.000330. The van der Waals surface area contributed by atoms with Crippen molar-refractivity contribution in [1.29, 1.82) is 0 Å². The van der Waals surface area contributed by atoms with E-state index in [1.165, 1.54) is 6.42 Å². The van der Waals surface area contributed by atoms with Crippen LogP contribution in [0.5, 0.6) is 5.75 Å². The van der Waals surface area contributed by atoms with Crippen molar-refractivity contribution in [2.45, 2.75) is 32.2 Å². The molecule has 0 saturated heterocycles. The molecule has 0 aliphatic heterocycles. The van der Waals surface area contributed by atoms with Crippen LogP contribution < -0.4 is 10.5 Å². The summed E-state index contributed by atoms with van der Waals surface area (Å²) in [6, 6.07) is 7.58. The fourth-order valence-corrected chi connectivity index (χ4v) is 3.86. The van der Waals surface area contributed by atoms with Gasteiger partial charge in [0, 0.05) is 12.0 Å². The maximum Gasteiger partial charge on any atom is 0.171 e. The highest BCUT2D eigenvalue weighted by molar-refractivity contribution is 6.01. The van der Waals surface area contributed by atoms with Gasteiger partial charge in [0.25, 0.3) is 0 Å². The van der Waals surface area contributed by atoms with Crippen molar-refractivity contribution in [3.63, 3.8) is 0 Å². The molecule has 1 aromatic rings. The van der Waals surface area contributed by atoms with E-state index < -0.39 is 0 Å². The minimum Gasteiger partial charge on any atom is -0.493 e. The Hall–Kier alpha value is -1.35. The first-order valence-electron chi connectivity index (χ1n) is 7.24. The first-order valence-corrected chi connectivity index (χ1v) is 7.24. The summed E-state index contributed by atoms with van der Waals surface area (Å²) in [5, 5.41) is 0. The van der Waals surface area contributed by atoms with Crippen LogP contribution in [-0.2, 0) is 0 Å². The van der Waals surface area contributed by atoms with Gasteiger partial charge in [-0.05, 0) is 50.2 Å². The number of ether oxygens (including phenoxy) is 1. The van der Waals surface area contributed by atoms with E-state index in [4.69, 9.17) is 10.5 Å². The van der Waals surface area contributed by atoms with Gasteiger partial charge >= 0.3 is 0 Å². The molecule has 2 N–H and O–H groups in total. The number of para-hydroxylation sites is 1. The highest BCUT2D eigenvalue weighted by Crippen LogP contribution is 2.49. The molecule has 4 unspecified atom stereocenters. The number of carbonyl (C=O) groups is 1. The molecule has 0 spiro atoms. The van der Waals surface area contributed by atoms with Crippen LogP contribution in [-0.4, -0.2) is 18.4 Å². The van der Waals surface area contributed by atoms with Crippen molar-refractivity contribution < 1.29 is 9.53 Å². The summed E-state index contributed by atoms with van der Waals surface area (Å²) in [7, 11) is 0. The largest absolute Gasteiger partial charge is 0.493 e. The van der Waals surface area contributed by atoms with Gasteiger partial charge in [-0.15, -0.1) is 0 Å². The third-order valence-corrected chi connectivity index (χ3v) is 4.74. The monoisotopic (exact) mass is 259 g/mol. The smallest absolute Gasteiger partial charge is 0.171 e. The lowest BCUT2D eigenvalue weighted by Gasteiger charge is -2.27. The number of benzene rings is 1. The molecule has 102 valence electrons. The van der Waals surface area contributed by atoms with Gasteiger partial charge in [0.05, 0.1) is 12.2 Å². The maximum atomic E-state index is 12.8. The Morgan fingerprint density at radius 1 is 1.32 bits per heavy atom. The number of fused-ring (bicyclic) bond motifs is 2. The molecule has 3 heteroatoms. The fourth-order valence-electron chi connectivity index (χ4n) is 3.86. The van der Waals surface area contributed by atoms with Crippen molar-refractivity contribution in [3.8, 4) is 5.75 Å². The van der Waals surface area contributed by atoms with Crippen LogP contribution in [0.15, 0.2) is 24.3 Å². The molecule has 2 saturated carbocycles. The standard InChI is InChI=1S/C16H21NO2/c1-2-19-13-6-4-3-5-12(13)16(18)14-10-7-8-11(9-10)15(14)17/h3-6,10-11,14-15H,2,7-9,17H2,1H3. The number of hydrogen-bond acceptors (Lipinski definition) is 3.